The maximum absolute atomic E-state index is 10.0. The second-order valence-corrected chi connectivity index (χ2v) is 12.6. The molecule has 5 atom stereocenters. The summed E-state index contributed by atoms with van der Waals surface area (Å²) in [6, 6.07) is 0. The third-order valence-corrected chi connectivity index (χ3v) is 9.67. The number of aliphatic hydroxyl groups is 3. The number of thioether (sulfide) groups is 1. The monoisotopic (exact) mass is 324 g/mol. The normalized spacial score (nSPS) is 36.1. The van der Waals surface area contributed by atoms with Gasteiger partial charge in [-0.05, 0) is 24.4 Å². The quantitative estimate of drug-likeness (QED) is 0.674. The molecule has 0 spiro atoms. The lowest BCUT2D eigenvalue weighted by Crippen LogP contribution is -2.58. The highest BCUT2D eigenvalue weighted by molar-refractivity contribution is 7.99. The van der Waals surface area contributed by atoms with E-state index in [1.165, 1.54) is 11.8 Å². The molecule has 1 fully saturated rings. The lowest BCUT2D eigenvalue weighted by atomic mass is 10.0. The van der Waals surface area contributed by atoms with Gasteiger partial charge in [0.2, 0.25) is 0 Å². The van der Waals surface area contributed by atoms with Gasteiger partial charge in [0.1, 0.15) is 29.9 Å². The van der Waals surface area contributed by atoms with Crippen LogP contribution >= 0.6 is 11.8 Å². The van der Waals surface area contributed by atoms with Crippen LogP contribution in [0.25, 0.3) is 0 Å². The minimum Gasteiger partial charge on any atom is -0.414 e. The van der Waals surface area contributed by atoms with Gasteiger partial charge < -0.3 is 24.5 Å². The van der Waals surface area contributed by atoms with Crippen molar-refractivity contribution in [2.45, 2.75) is 68.8 Å². The third kappa shape index (κ3) is 3.97. The second kappa shape index (κ2) is 6.64. The summed E-state index contributed by atoms with van der Waals surface area (Å²) < 4.78 is 11.7. The maximum atomic E-state index is 10.0. The van der Waals surface area contributed by atoms with Gasteiger partial charge in [-0.15, -0.1) is 11.8 Å². The molecule has 0 radical (unpaired) electrons. The molecule has 1 heterocycles. The molecule has 0 aromatic heterocycles. The Morgan fingerprint density at radius 1 is 1.10 bits per heavy atom. The average Bonchev–Trinajstić information content (AvgIpc) is 2.34. The Hall–Kier alpha value is 0.367. The molecule has 5 nitrogen and oxygen atoms in total. The van der Waals surface area contributed by atoms with E-state index in [4.69, 9.17) is 9.16 Å². The largest absolute Gasteiger partial charge is 0.414 e. The highest BCUT2D eigenvalue weighted by atomic mass is 32.2. The standard InChI is InChI=1S/C13H28O5SSi/c1-13(2,3)20(5,6)17-7-8-9(14)10(15)11(16)12(18-8)19-4/h8-12,14-16H,7H2,1-6H3/t8-,9+,10+,11-,12+/m1/s1. The molecule has 1 aliphatic heterocycles. The lowest BCUT2D eigenvalue weighted by molar-refractivity contribution is -0.204. The summed E-state index contributed by atoms with van der Waals surface area (Å²) in [6.07, 6.45) is -2.22. The zero-order valence-corrected chi connectivity index (χ0v) is 15.0. The molecule has 0 amide bonds. The third-order valence-electron chi connectivity index (χ3n) is 4.32. The first-order valence-electron chi connectivity index (χ1n) is 6.87. The maximum Gasteiger partial charge on any atom is 0.192 e. The van der Waals surface area contributed by atoms with Gasteiger partial charge in [-0.25, -0.2) is 0 Å². The van der Waals surface area contributed by atoms with Gasteiger partial charge in [0.15, 0.2) is 8.32 Å². The SMILES string of the molecule is CS[C@@H]1O[C@H](CO[Si](C)(C)C(C)(C)C)[C@H](O)[C@H](O)[C@H]1O. The van der Waals surface area contributed by atoms with Crippen molar-refractivity contribution in [2.75, 3.05) is 12.9 Å². The van der Waals surface area contributed by atoms with Gasteiger partial charge in [0.25, 0.3) is 0 Å². The molecule has 1 rings (SSSR count). The van der Waals surface area contributed by atoms with Crippen LogP contribution in [0.3, 0.4) is 0 Å². The molecule has 120 valence electrons. The first-order chi connectivity index (χ1) is 9.01. The van der Waals surface area contributed by atoms with Crippen molar-refractivity contribution in [3.63, 3.8) is 0 Å². The average molecular weight is 325 g/mol. The van der Waals surface area contributed by atoms with E-state index in [0.29, 0.717) is 0 Å². The molecule has 0 aliphatic carbocycles. The Balaban J connectivity index is 2.68. The summed E-state index contributed by atoms with van der Waals surface area (Å²) >= 11 is 1.31. The van der Waals surface area contributed by atoms with Crippen molar-refractivity contribution >= 4 is 20.1 Å². The molecule has 0 saturated carbocycles. The van der Waals surface area contributed by atoms with Crippen molar-refractivity contribution in [1.29, 1.82) is 0 Å². The van der Waals surface area contributed by atoms with E-state index in [9.17, 15) is 15.3 Å². The number of aliphatic hydroxyl groups excluding tert-OH is 3. The van der Waals surface area contributed by atoms with Crippen LogP contribution in [-0.4, -0.2) is 66.4 Å². The number of rotatable bonds is 4. The highest BCUT2D eigenvalue weighted by Crippen LogP contribution is 2.37. The summed E-state index contributed by atoms with van der Waals surface area (Å²) in [6.45, 7) is 10.9. The molecule has 1 aliphatic rings. The Morgan fingerprint density at radius 2 is 1.65 bits per heavy atom. The van der Waals surface area contributed by atoms with Gasteiger partial charge in [-0.3, -0.25) is 0 Å². The Bertz CT molecular complexity index is 318. The highest BCUT2D eigenvalue weighted by Gasteiger charge is 2.45. The zero-order chi connectivity index (χ0) is 15.7. The fourth-order valence-corrected chi connectivity index (χ4v) is 3.46. The summed E-state index contributed by atoms with van der Waals surface area (Å²) in [7, 11) is -1.93. The molecule has 1 saturated heterocycles. The van der Waals surface area contributed by atoms with Crippen LogP contribution in [0.5, 0.6) is 0 Å². The first kappa shape index (κ1) is 18.4. The molecule has 3 N–H and O–H groups in total. The smallest absolute Gasteiger partial charge is 0.192 e. The van der Waals surface area contributed by atoms with Gasteiger partial charge in [-0.2, -0.15) is 0 Å². The second-order valence-electron chi connectivity index (χ2n) is 6.82. The summed E-state index contributed by atoms with van der Waals surface area (Å²) in [5, 5.41) is 29.7. The van der Waals surface area contributed by atoms with Gasteiger partial charge in [0, 0.05) is 0 Å². The first-order valence-corrected chi connectivity index (χ1v) is 11.1. The summed E-state index contributed by atoms with van der Waals surface area (Å²) in [5.74, 6) is 0. The topological polar surface area (TPSA) is 79.2 Å². The van der Waals surface area contributed by atoms with E-state index in [0.717, 1.165) is 0 Å². The molecule has 0 unspecified atom stereocenters. The number of hydrogen-bond donors (Lipinski definition) is 3. The Kier molecular flexibility index (Phi) is 6.11. The molecular weight excluding hydrogens is 296 g/mol. The van der Waals surface area contributed by atoms with Gasteiger partial charge in [-0.1, -0.05) is 20.8 Å². The van der Waals surface area contributed by atoms with E-state index in [-0.39, 0.29) is 11.6 Å². The number of hydrogen-bond acceptors (Lipinski definition) is 6. The van der Waals surface area contributed by atoms with Crippen molar-refractivity contribution in [1.82, 2.24) is 0 Å². The minimum atomic E-state index is -1.93. The molecular formula is C13H28O5SSi. The fourth-order valence-electron chi connectivity index (χ4n) is 1.76. The molecule has 0 aromatic carbocycles. The lowest BCUT2D eigenvalue weighted by Gasteiger charge is -2.42. The van der Waals surface area contributed by atoms with Crippen molar-refractivity contribution in [3.8, 4) is 0 Å². The van der Waals surface area contributed by atoms with E-state index >= 15 is 0 Å². The van der Waals surface area contributed by atoms with Crippen molar-refractivity contribution < 1.29 is 24.5 Å². The van der Waals surface area contributed by atoms with Crippen LogP contribution in [0, 0.1) is 0 Å². The van der Waals surface area contributed by atoms with E-state index < -0.39 is 38.2 Å². The minimum absolute atomic E-state index is 0.0731. The predicted octanol–water partition coefficient (Wildman–Crippen LogP) is 1.18. The Labute approximate surface area is 126 Å². The molecule has 20 heavy (non-hydrogen) atoms. The fraction of sp³-hybridized carbons (Fsp3) is 1.00. The van der Waals surface area contributed by atoms with Gasteiger partial charge in [0.05, 0.1) is 6.61 Å². The van der Waals surface area contributed by atoms with Crippen molar-refractivity contribution in [3.05, 3.63) is 0 Å². The van der Waals surface area contributed by atoms with Crippen LogP contribution in [0.15, 0.2) is 0 Å². The molecule has 0 bridgehead atoms. The van der Waals surface area contributed by atoms with Crippen LogP contribution in [0.4, 0.5) is 0 Å². The van der Waals surface area contributed by atoms with E-state index in [1.54, 1.807) is 6.26 Å². The van der Waals surface area contributed by atoms with E-state index in [2.05, 4.69) is 33.9 Å². The van der Waals surface area contributed by atoms with Crippen LogP contribution in [0.1, 0.15) is 20.8 Å². The molecule has 7 heteroatoms. The van der Waals surface area contributed by atoms with Crippen LogP contribution < -0.4 is 0 Å². The van der Waals surface area contributed by atoms with Crippen LogP contribution in [-0.2, 0) is 9.16 Å². The van der Waals surface area contributed by atoms with Gasteiger partial charge >= 0.3 is 0 Å². The van der Waals surface area contributed by atoms with Crippen molar-refractivity contribution in [2.24, 2.45) is 0 Å². The predicted molar refractivity (Wildman–Crippen MR) is 83.3 cm³/mol. The van der Waals surface area contributed by atoms with E-state index in [1.807, 2.05) is 0 Å². The number of ether oxygens (including phenoxy) is 1. The summed E-state index contributed by atoms with van der Waals surface area (Å²) in [4.78, 5) is 0. The summed E-state index contributed by atoms with van der Waals surface area (Å²) in [5.41, 5.74) is -0.540. The molecule has 0 aromatic rings. The Morgan fingerprint density at radius 3 is 2.10 bits per heavy atom. The zero-order valence-electron chi connectivity index (χ0n) is 13.2. The van der Waals surface area contributed by atoms with Crippen LogP contribution in [0.2, 0.25) is 18.1 Å².